The smallest absolute Gasteiger partial charge is 0.253 e. The molecule has 0 radical (unpaired) electrons. The van der Waals surface area contributed by atoms with Crippen LogP contribution in [0.25, 0.3) is 0 Å². The van der Waals surface area contributed by atoms with Crippen molar-refractivity contribution in [3.8, 4) is 0 Å². The number of aromatic nitrogens is 1. The van der Waals surface area contributed by atoms with E-state index in [1.54, 1.807) is 6.20 Å². The predicted molar refractivity (Wildman–Crippen MR) is 67.9 cm³/mol. The number of carbonyl (C=O) groups is 1. The maximum atomic E-state index is 12.0. The van der Waals surface area contributed by atoms with Crippen LogP contribution >= 0.6 is 0 Å². The lowest BCUT2D eigenvalue weighted by Crippen LogP contribution is -2.37. The number of hydrogen-bond acceptors (Lipinski definition) is 2. The van der Waals surface area contributed by atoms with E-state index in [2.05, 4.69) is 17.2 Å². The molecule has 1 aromatic heterocycles. The molecular weight excluding hydrogens is 212 g/mol. The Morgan fingerprint density at radius 1 is 1.29 bits per heavy atom. The molecule has 1 saturated carbocycles. The summed E-state index contributed by atoms with van der Waals surface area (Å²) < 4.78 is 0. The summed E-state index contributed by atoms with van der Waals surface area (Å²) >= 11 is 0. The summed E-state index contributed by atoms with van der Waals surface area (Å²) in [7, 11) is 0. The maximum absolute atomic E-state index is 12.0. The minimum Gasteiger partial charge on any atom is -0.349 e. The summed E-state index contributed by atoms with van der Waals surface area (Å²) in [4.78, 5) is 16.1. The normalized spacial score (nSPS) is 24.4. The van der Waals surface area contributed by atoms with Crippen molar-refractivity contribution >= 4 is 5.91 Å². The van der Waals surface area contributed by atoms with Crippen LogP contribution in [0.5, 0.6) is 0 Å². The third-order valence-electron chi connectivity index (χ3n) is 3.52. The van der Waals surface area contributed by atoms with Gasteiger partial charge in [-0.05, 0) is 50.7 Å². The lowest BCUT2D eigenvalue weighted by Gasteiger charge is -2.26. The van der Waals surface area contributed by atoms with Gasteiger partial charge in [0.25, 0.3) is 5.91 Å². The predicted octanol–water partition coefficient (Wildman–Crippen LogP) is 2.70. The average molecular weight is 232 g/mol. The van der Waals surface area contributed by atoms with Gasteiger partial charge in [-0.25, -0.2) is 0 Å². The molecule has 0 saturated heterocycles. The van der Waals surface area contributed by atoms with Crippen molar-refractivity contribution in [1.29, 1.82) is 0 Å². The Hall–Kier alpha value is -1.38. The summed E-state index contributed by atoms with van der Waals surface area (Å²) in [6, 6.07) is 4.06. The van der Waals surface area contributed by atoms with Gasteiger partial charge < -0.3 is 5.32 Å². The van der Waals surface area contributed by atoms with Crippen molar-refractivity contribution in [3.63, 3.8) is 0 Å². The fourth-order valence-electron chi connectivity index (χ4n) is 2.28. The molecule has 0 aliphatic heterocycles. The molecule has 1 fully saturated rings. The molecular formula is C14H20N2O. The highest BCUT2D eigenvalue weighted by Gasteiger charge is 2.20. The standard InChI is InChI=1S/C14H20N2O/c1-10-3-7-13(8-4-10)16-14(17)12-6-5-11(2)15-9-12/h5-6,9-10,13H,3-4,7-8H2,1-2H3,(H,16,17). The van der Waals surface area contributed by atoms with Gasteiger partial charge in [-0.15, -0.1) is 0 Å². The van der Waals surface area contributed by atoms with Crippen LogP contribution in [0.3, 0.4) is 0 Å². The van der Waals surface area contributed by atoms with E-state index in [1.165, 1.54) is 12.8 Å². The van der Waals surface area contributed by atoms with Gasteiger partial charge in [0.05, 0.1) is 5.56 Å². The highest BCUT2D eigenvalue weighted by atomic mass is 16.1. The molecule has 0 aromatic carbocycles. The number of carbonyl (C=O) groups excluding carboxylic acids is 1. The van der Waals surface area contributed by atoms with E-state index in [1.807, 2.05) is 19.1 Å². The zero-order valence-electron chi connectivity index (χ0n) is 10.6. The van der Waals surface area contributed by atoms with Crippen LogP contribution in [0.1, 0.15) is 48.7 Å². The van der Waals surface area contributed by atoms with Crippen molar-refractivity contribution in [2.24, 2.45) is 5.92 Å². The molecule has 0 atom stereocenters. The van der Waals surface area contributed by atoms with Crippen molar-refractivity contribution in [2.45, 2.75) is 45.6 Å². The van der Waals surface area contributed by atoms with Crippen LogP contribution < -0.4 is 5.32 Å². The summed E-state index contributed by atoms with van der Waals surface area (Å²) in [6.07, 6.45) is 6.29. The van der Waals surface area contributed by atoms with Crippen LogP contribution in [-0.2, 0) is 0 Å². The van der Waals surface area contributed by atoms with Gasteiger partial charge in [0, 0.05) is 17.9 Å². The molecule has 1 aliphatic carbocycles. The molecule has 0 bridgehead atoms. The van der Waals surface area contributed by atoms with E-state index in [9.17, 15) is 4.79 Å². The van der Waals surface area contributed by atoms with E-state index in [0.29, 0.717) is 11.6 Å². The average Bonchev–Trinajstić information content (AvgIpc) is 2.33. The Labute approximate surface area is 103 Å². The van der Waals surface area contributed by atoms with Gasteiger partial charge in [-0.3, -0.25) is 9.78 Å². The van der Waals surface area contributed by atoms with E-state index in [4.69, 9.17) is 0 Å². The number of nitrogens with zero attached hydrogens (tertiary/aromatic N) is 1. The number of hydrogen-bond donors (Lipinski definition) is 1. The van der Waals surface area contributed by atoms with E-state index in [0.717, 1.165) is 24.5 Å². The summed E-state index contributed by atoms with van der Waals surface area (Å²) in [5, 5.41) is 3.10. The molecule has 17 heavy (non-hydrogen) atoms. The molecule has 0 spiro atoms. The van der Waals surface area contributed by atoms with Crippen molar-refractivity contribution in [2.75, 3.05) is 0 Å². The molecule has 92 valence electrons. The van der Waals surface area contributed by atoms with Gasteiger partial charge in [-0.2, -0.15) is 0 Å². The highest BCUT2D eigenvalue weighted by Crippen LogP contribution is 2.23. The zero-order valence-corrected chi connectivity index (χ0v) is 10.6. The molecule has 3 nitrogen and oxygen atoms in total. The van der Waals surface area contributed by atoms with Crippen LogP contribution in [-0.4, -0.2) is 16.9 Å². The molecule has 3 heteroatoms. The molecule has 1 aromatic rings. The highest BCUT2D eigenvalue weighted by molar-refractivity contribution is 5.94. The van der Waals surface area contributed by atoms with Crippen LogP contribution in [0, 0.1) is 12.8 Å². The zero-order chi connectivity index (χ0) is 12.3. The molecule has 2 rings (SSSR count). The lowest BCUT2D eigenvalue weighted by molar-refractivity contribution is 0.0922. The largest absolute Gasteiger partial charge is 0.349 e. The summed E-state index contributed by atoms with van der Waals surface area (Å²) in [6.45, 7) is 4.20. The fourth-order valence-corrected chi connectivity index (χ4v) is 2.28. The molecule has 1 amide bonds. The quantitative estimate of drug-likeness (QED) is 0.851. The van der Waals surface area contributed by atoms with Crippen molar-refractivity contribution in [1.82, 2.24) is 10.3 Å². The second kappa shape index (κ2) is 5.30. The van der Waals surface area contributed by atoms with Gasteiger partial charge in [0.2, 0.25) is 0 Å². The molecule has 1 heterocycles. The summed E-state index contributed by atoms with van der Waals surface area (Å²) in [5.41, 5.74) is 1.60. The first-order chi connectivity index (χ1) is 8.15. The Morgan fingerprint density at radius 3 is 2.59 bits per heavy atom. The third-order valence-corrected chi connectivity index (χ3v) is 3.52. The second-order valence-electron chi connectivity index (χ2n) is 5.12. The monoisotopic (exact) mass is 232 g/mol. The van der Waals surface area contributed by atoms with Gasteiger partial charge in [0.1, 0.15) is 0 Å². The first kappa shape index (κ1) is 12.1. The number of nitrogens with one attached hydrogen (secondary N) is 1. The SMILES string of the molecule is Cc1ccc(C(=O)NC2CCC(C)CC2)cn1. The topological polar surface area (TPSA) is 42.0 Å². The Kier molecular flexibility index (Phi) is 3.77. The molecule has 0 unspecified atom stereocenters. The van der Waals surface area contributed by atoms with Crippen molar-refractivity contribution in [3.05, 3.63) is 29.6 Å². The lowest BCUT2D eigenvalue weighted by atomic mass is 9.87. The number of aryl methyl sites for hydroxylation is 1. The fraction of sp³-hybridized carbons (Fsp3) is 0.571. The van der Waals surface area contributed by atoms with Crippen LogP contribution in [0.2, 0.25) is 0 Å². The first-order valence-corrected chi connectivity index (χ1v) is 6.38. The first-order valence-electron chi connectivity index (χ1n) is 6.38. The minimum absolute atomic E-state index is 0.0112. The second-order valence-corrected chi connectivity index (χ2v) is 5.12. The Balaban J connectivity index is 1.91. The van der Waals surface area contributed by atoms with E-state index in [-0.39, 0.29) is 5.91 Å². The minimum atomic E-state index is 0.0112. The van der Waals surface area contributed by atoms with E-state index < -0.39 is 0 Å². The van der Waals surface area contributed by atoms with Gasteiger partial charge in [-0.1, -0.05) is 6.92 Å². The van der Waals surface area contributed by atoms with Crippen LogP contribution in [0.4, 0.5) is 0 Å². The van der Waals surface area contributed by atoms with Gasteiger partial charge in [0.15, 0.2) is 0 Å². The molecule has 1 aliphatic rings. The summed E-state index contributed by atoms with van der Waals surface area (Å²) in [5.74, 6) is 0.821. The number of amides is 1. The van der Waals surface area contributed by atoms with Gasteiger partial charge >= 0.3 is 0 Å². The molecule has 1 N–H and O–H groups in total. The Morgan fingerprint density at radius 2 is 2.00 bits per heavy atom. The maximum Gasteiger partial charge on any atom is 0.253 e. The van der Waals surface area contributed by atoms with Crippen molar-refractivity contribution < 1.29 is 4.79 Å². The number of rotatable bonds is 2. The number of pyridine rings is 1. The third kappa shape index (κ3) is 3.29. The van der Waals surface area contributed by atoms with Crippen LogP contribution in [0.15, 0.2) is 18.3 Å². The Bertz CT molecular complexity index is 378. The van der Waals surface area contributed by atoms with E-state index >= 15 is 0 Å².